The Kier molecular flexibility index (Phi) is 5.62. The van der Waals surface area contributed by atoms with Gasteiger partial charge in [-0.15, -0.1) is 0 Å². The molecule has 3 atom stereocenters. The molecule has 1 aliphatic heterocycles. The Morgan fingerprint density at radius 2 is 2.00 bits per heavy atom. The first-order chi connectivity index (χ1) is 7.09. The molecule has 15 heavy (non-hydrogen) atoms. The molecular formula is C13H27NO. The molecule has 0 aromatic carbocycles. The smallest absolute Gasteiger partial charge is 0.0590 e. The Morgan fingerprint density at radius 3 is 2.53 bits per heavy atom. The molecule has 3 unspecified atom stereocenters. The summed E-state index contributed by atoms with van der Waals surface area (Å²) in [4.78, 5) is 0. The molecule has 1 heterocycles. The first-order valence-electron chi connectivity index (χ1n) is 6.44. The van der Waals surface area contributed by atoms with Gasteiger partial charge in [0.25, 0.3) is 0 Å². The van der Waals surface area contributed by atoms with E-state index in [1.165, 1.54) is 19.3 Å². The van der Waals surface area contributed by atoms with Crippen molar-refractivity contribution in [3.05, 3.63) is 0 Å². The monoisotopic (exact) mass is 213 g/mol. The predicted molar refractivity (Wildman–Crippen MR) is 65.1 cm³/mol. The fourth-order valence-electron chi connectivity index (χ4n) is 1.93. The van der Waals surface area contributed by atoms with Gasteiger partial charge in [0.2, 0.25) is 0 Å². The molecule has 1 N–H and O–H groups in total. The Morgan fingerprint density at radius 1 is 1.27 bits per heavy atom. The number of hydrogen-bond donors (Lipinski definition) is 1. The zero-order valence-electron chi connectivity index (χ0n) is 10.8. The molecule has 1 rings (SSSR count). The standard InChI is InChI=1S/C13H27NO/c1-10(2)11(3)9-14-12(4)8-13-6-5-7-15-13/h10-14H,5-9H2,1-4H3. The van der Waals surface area contributed by atoms with Crippen LogP contribution in [0.15, 0.2) is 0 Å². The van der Waals surface area contributed by atoms with Crippen LogP contribution in [0.3, 0.4) is 0 Å². The summed E-state index contributed by atoms with van der Waals surface area (Å²) in [6.07, 6.45) is 4.19. The van der Waals surface area contributed by atoms with Gasteiger partial charge in [-0.3, -0.25) is 0 Å². The lowest BCUT2D eigenvalue weighted by atomic mass is 9.97. The summed E-state index contributed by atoms with van der Waals surface area (Å²) in [6.45, 7) is 11.3. The molecule has 1 fully saturated rings. The van der Waals surface area contributed by atoms with E-state index in [-0.39, 0.29) is 0 Å². The van der Waals surface area contributed by atoms with Gasteiger partial charge in [-0.1, -0.05) is 20.8 Å². The molecule has 0 spiro atoms. The number of hydrogen-bond acceptors (Lipinski definition) is 2. The van der Waals surface area contributed by atoms with Crippen LogP contribution in [0.2, 0.25) is 0 Å². The van der Waals surface area contributed by atoms with E-state index in [1.807, 2.05) is 0 Å². The third-order valence-corrected chi connectivity index (χ3v) is 3.57. The van der Waals surface area contributed by atoms with Crippen molar-refractivity contribution in [3.8, 4) is 0 Å². The van der Waals surface area contributed by atoms with E-state index < -0.39 is 0 Å². The van der Waals surface area contributed by atoms with Gasteiger partial charge in [-0.25, -0.2) is 0 Å². The van der Waals surface area contributed by atoms with Gasteiger partial charge >= 0.3 is 0 Å². The molecule has 2 nitrogen and oxygen atoms in total. The molecule has 0 bridgehead atoms. The molecule has 0 saturated carbocycles. The third-order valence-electron chi connectivity index (χ3n) is 3.57. The van der Waals surface area contributed by atoms with Crippen LogP contribution in [0.4, 0.5) is 0 Å². The van der Waals surface area contributed by atoms with Gasteiger partial charge in [0.05, 0.1) is 6.10 Å². The third kappa shape index (κ3) is 4.98. The Hall–Kier alpha value is -0.0800. The summed E-state index contributed by atoms with van der Waals surface area (Å²) in [5.74, 6) is 1.53. The van der Waals surface area contributed by atoms with Gasteiger partial charge in [-0.05, 0) is 44.6 Å². The lowest BCUT2D eigenvalue weighted by Gasteiger charge is -2.22. The highest BCUT2D eigenvalue weighted by molar-refractivity contribution is 4.73. The first kappa shape index (κ1) is 13.0. The molecule has 0 amide bonds. The normalized spacial score (nSPS) is 25.8. The molecule has 0 aromatic heterocycles. The van der Waals surface area contributed by atoms with E-state index in [0.29, 0.717) is 12.1 Å². The van der Waals surface area contributed by atoms with Crippen molar-refractivity contribution >= 4 is 0 Å². The SMILES string of the molecule is CC(CC1CCCO1)NCC(C)C(C)C. The summed E-state index contributed by atoms with van der Waals surface area (Å²) in [5.41, 5.74) is 0. The highest BCUT2D eigenvalue weighted by Gasteiger charge is 2.18. The van der Waals surface area contributed by atoms with E-state index in [1.54, 1.807) is 0 Å². The predicted octanol–water partition coefficient (Wildman–Crippen LogP) is 2.83. The second-order valence-corrected chi connectivity index (χ2v) is 5.40. The van der Waals surface area contributed by atoms with Gasteiger partial charge in [0, 0.05) is 12.6 Å². The van der Waals surface area contributed by atoms with E-state index >= 15 is 0 Å². The van der Waals surface area contributed by atoms with Crippen molar-refractivity contribution in [2.24, 2.45) is 11.8 Å². The van der Waals surface area contributed by atoms with E-state index in [0.717, 1.165) is 25.0 Å². The number of nitrogens with one attached hydrogen (secondary N) is 1. The zero-order chi connectivity index (χ0) is 11.3. The van der Waals surface area contributed by atoms with Gasteiger partial charge in [0.15, 0.2) is 0 Å². The second-order valence-electron chi connectivity index (χ2n) is 5.40. The van der Waals surface area contributed by atoms with E-state index in [2.05, 4.69) is 33.0 Å². The Labute approximate surface area is 94.8 Å². The van der Waals surface area contributed by atoms with Crippen molar-refractivity contribution in [1.82, 2.24) is 5.32 Å². The molecule has 90 valence electrons. The van der Waals surface area contributed by atoms with Crippen molar-refractivity contribution in [3.63, 3.8) is 0 Å². The molecular weight excluding hydrogens is 186 g/mol. The van der Waals surface area contributed by atoms with Crippen molar-refractivity contribution in [1.29, 1.82) is 0 Å². The topological polar surface area (TPSA) is 21.3 Å². The van der Waals surface area contributed by atoms with E-state index in [9.17, 15) is 0 Å². The molecule has 0 aromatic rings. The van der Waals surface area contributed by atoms with Crippen LogP contribution in [-0.2, 0) is 4.74 Å². The minimum atomic E-state index is 0.516. The van der Waals surface area contributed by atoms with E-state index in [4.69, 9.17) is 4.74 Å². The van der Waals surface area contributed by atoms with Crippen LogP contribution in [0.25, 0.3) is 0 Å². The minimum absolute atomic E-state index is 0.516. The number of rotatable bonds is 6. The Bertz CT molecular complexity index is 164. The molecule has 1 aliphatic rings. The maximum Gasteiger partial charge on any atom is 0.0590 e. The molecule has 1 saturated heterocycles. The Balaban J connectivity index is 2.09. The lowest BCUT2D eigenvalue weighted by Crippen LogP contribution is -2.34. The molecule has 0 aliphatic carbocycles. The highest BCUT2D eigenvalue weighted by atomic mass is 16.5. The first-order valence-corrected chi connectivity index (χ1v) is 6.44. The summed E-state index contributed by atoms with van der Waals surface area (Å²) >= 11 is 0. The summed E-state index contributed by atoms with van der Waals surface area (Å²) in [7, 11) is 0. The van der Waals surface area contributed by atoms with Crippen LogP contribution < -0.4 is 5.32 Å². The number of ether oxygens (including phenoxy) is 1. The van der Waals surface area contributed by atoms with Crippen LogP contribution in [-0.4, -0.2) is 25.3 Å². The quantitative estimate of drug-likeness (QED) is 0.732. The van der Waals surface area contributed by atoms with Crippen LogP contribution >= 0.6 is 0 Å². The van der Waals surface area contributed by atoms with Crippen molar-refractivity contribution < 1.29 is 4.74 Å². The summed E-state index contributed by atoms with van der Waals surface area (Å²) in [5, 5.41) is 3.61. The van der Waals surface area contributed by atoms with Crippen molar-refractivity contribution in [2.45, 2.75) is 59.1 Å². The van der Waals surface area contributed by atoms with Gasteiger partial charge < -0.3 is 10.1 Å². The van der Waals surface area contributed by atoms with Crippen LogP contribution in [0, 0.1) is 11.8 Å². The largest absolute Gasteiger partial charge is 0.378 e. The fourth-order valence-corrected chi connectivity index (χ4v) is 1.93. The van der Waals surface area contributed by atoms with Gasteiger partial charge in [0.1, 0.15) is 0 Å². The van der Waals surface area contributed by atoms with Crippen molar-refractivity contribution in [2.75, 3.05) is 13.2 Å². The van der Waals surface area contributed by atoms with Crippen LogP contribution in [0.5, 0.6) is 0 Å². The zero-order valence-corrected chi connectivity index (χ0v) is 10.8. The fraction of sp³-hybridized carbons (Fsp3) is 1.00. The maximum absolute atomic E-state index is 5.64. The lowest BCUT2D eigenvalue weighted by molar-refractivity contribution is 0.0957. The van der Waals surface area contributed by atoms with Gasteiger partial charge in [-0.2, -0.15) is 0 Å². The highest BCUT2D eigenvalue weighted by Crippen LogP contribution is 2.17. The maximum atomic E-state index is 5.64. The summed E-state index contributed by atoms with van der Waals surface area (Å²) < 4.78 is 5.64. The second kappa shape index (κ2) is 6.49. The molecule has 0 radical (unpaired) electrons. The average molecular weight is 213 g/mol. The molecule has 2 heteroatoms. The van der Waals surface area contributed by atoms with Crippen LogP contribution in [0.1, 0.15) is 47.0 Å². The average Bonchev–Trinajstić information content (AvgIpc) is 2.66. The summed E-state index contributed by atoms with van der Waals surface area (Å²) in [6, 6.07) is 0.592. The minimum Gasteiger partial charge on any atom is -0.378 e.